The Morgan fingerprint density at radius 2 is 0.487 bits per heavy atom. The molecule has 1 atom stereocenters. The van der Waals surface area contributed by atoms with Crippen molar-refractivity contribution in [1.82, 2.24) is 0 Å². The lowest BCUT2D eigenvalue weighted by Crippen LogP contribution is -2.30. The van der Waals surface area contributed by atoms with Crippen molar-refractivity contribution in [1.29, 1.82) is 0 Å². The van der Waals surface area contributed by atoms with Crippen LogP contribution in [0.4, 0.5) is 0 Å². The van der Waals surface area contributed by atoms with Crippen molar-refractivity contribution < 1.29 is 28.6 Å². The Morgan fingerprint density at radius 1 is 0.263 bits per heavy atom. The van der Waals surface area contributed by atoms with E-state index in [1.54, 1.807) is 0 Å². The molecule has 1 unspecified atom stereocenters. The highest BCUT2D eigenvalue weighted by atomic mass is 16.6. The van der Waals surface area contributed by atoms with E-state index in [4.69, 9.17) is 14.2 Å². The van der Waals surface area contributed by atoms with Crippen molar-refractivity contribution in [3.63, 3.8) is 0 Å². The molecule has 0 aromatic heterocycles. The zero-order chi connectivity index (χ0) is 57.8. The van der Waals surface area contributed by atoms with Gasteiger partial charge in [-0.1, -0.05) is 291 Å². The third-order valence-electron chi connectivity index (χ3n) is 14.8. The molecule has 0 amide bonds. The number of carbonyl (C=O) groups excluding carboxylic acids is 3. The normalized spacial score (nSPS) is 12.7. The lowest BCUT2D eigenvalue weighted by atomic mass is 10.0. The van der Waals surface area contributed by atoms with E-state index in [2.05, 4.69) is 118 Å². The van der Waals surface area contributed by atoms with Crippen molar-refractivity contribution in [2.24, 2.45) is 0 Å². The number of carbonyl (C=O) groups is 3. The van der Waals surface area contributed by atoms with E-state index in [-0.39, 0.29) is 31.1 Å². The van der Waals surface area contributed by atoms with Gasteiger partial charge in [-0.15, -0.1) is 0 Å². The molecule has 0 saturated heterocycles. The number of rotatable bonds is 62. The lowest BCUT2D eigenvalue weighted by Gasteiger charge is -2.18. The Bertz CT molecular complexity index is 1560. The van der Waals surface area contributed by atoms with Gasteiger partial charge in [0.25, 0.3) is 0 Å². The van der Waals surface area contributed by atoms with Crippen LogP contribution in [0.5, 0.6) is 0 Å². The molecule has 0 saturated carbocycles. The Kier molecular flexibility index (Phi) is 64.7. The first-order valence-corrected chi connectivity index (χ1v) is 34.2. The second kappa shape index (κ2) is 67.8. The summed E-state index contributed by atoms with van der Waals surface area (Å²) in [6.45, 7) is 6.52. The smallest absolute Gasteiger partial charge is 0.306 e. The minimum absolute atomic E-state index is 0.0867. The summed E-state index contributed by atoms with van der Waals surface area (Å²) in [6, 6.07) is 0. The predicted molar refractivity (Wildman–Crippen MR) is 348 cm³/mol. The quantitative estimate of drug-likeness (QED) is 0.0261. The van der Waals surface area contributed by atoms with Gasteiger partial charge in [0, 0.05) is 19.3 Å². The Hall–Kier alpha value is -3.67. The molecule has 0 N–H and O–H groups in total. The van der Waals surface area contributed by atoms with E-state index < -0.39 is 6.10 Å². The van der Waals surface area contributed by atoms with Crippen molar-refractivity contribution in [3.05, 3.63) is 97.2 Å². The van der Waals surface area contributed by atoms with Crippen molar-refractivity contribution in [2.45, 2.75) is 341 Å². The van der Waals surface area contributed by atoms with Gasteiger partial charge in [0.05, 0.1) is 0 Å². The van der Waals surface area contributed by atoms with Crippen LogP contribution in [0.3, 0.4) is 0 Å². The van der Waals surface area contributed by atoms with Crippen molar-refractivity contribution >= 4 is 17.9 Å². The molecule has 6 nitrogen and oxygen atoms in total. The summed E-state index contributed by atoms with van der Waals surface area (Å²) in [7, 11) is 0. The van der Waals surface area contributed by atoms with Crippen LogP contribution in [-0.2, 0) is 28.6 Å². The second-order valence-corrected chi connectivity index (χ2v) is 22.7. The summed E-state index contributed by atoms with van der Waals surface area (Å²) in [6.07, 6.45) is 91.4. The fourth-order valence-corrected chi connectivity index (χ4v) is 9.67. The summed E-state index contributed by atoms with van der Waals surface area (Å²) in [4.78, 5) is 38.4. The van der Waals surface area contributed by atoms with Crippen LogP contribution >= 0.6 is 0 Å². The fraction of sp³-hybridized carbons (Fsp3) is 0.743. The maximum Gasteiger partial charge on any atom is 0.306 e. The molecule has 0 aromatic carbocycles. The number of hydrogen-bond donors (Lipinski definition) is 0. The predicted octanol–water partition coefficient (Wildman–Crippen LogP) is 23.6. The molecule has 0 aliphatic heterocycles. The first-order valence-electron chi connectivity index (χ1n) is 34.2. The van der Waals surface area contributed by atoms with Crippen LogP contribution < -0.4 is 0 Å². The van der Waals surface area contributed by atoms with Crippen LogP contribution in [0.2, 0.25) is 0 Å². The largest absolute Gasteiger partial charge is 0.462 e. The molecular formula is C74H128O6. The van der Waals surface area contributed by atoms with Crippen LogP contribution in [0.1, 0.15) is 335 Å². The van der Waals surface area contributed by atoms with Gasteiger partial charge >= 0.3 is 17.9 Å². The summed E-state index contributed by atoms with van der Waals surface area (Å²) in [5.41, 5.74) is 0. The van der Waals surface area contributed by atoms with Gasteiger partial charge in [-0.2, -0.15) is 0 Å². The second-order valence-electron chi connectivity index (χ2n) is 22.7. The molecule has 0 aromatic rings. The van der Waals surface area contributed by atoms with Gasteiger partial charge < -0.3 is 14.2 Å². The molecule has 80 heavy (non-hydrogen) atoms. The summed E-state index contributed by atoms with van der Waals surface area (Å²) >= 11 is 0. The van der Waals surface area contributed by atoms with E-state index in [1.807, 2.05) is 0 Å². The standard InChI is InChI=1S/C74H128O6/c1-4-7-10-13-16-19-22-25-28-30-32-34-35-36-37-38-39-41-42-44-46-49-52-55-58-61-64-67-73(76)79-70-71(69-78-72(75)66-63-60-57-54-51-48-27-24-21-18-15-12-9-6-3)80-74(77)68-65-62-59-56-53-50-47-45-43-40-33-31-29-26-23-20-17-14-11-8-5-2/h8,11,17,20,22,24-27,29-30,32-33,40,45,47,71H,4-7,9-10,12-16,18-19,21,23,28,31,34-39,41-44,46,48-70H2,1-3H3/b11-8-,20-17-,25-22-,27-24-,29-26-,32-30-,40-33-,47-45-. The highest BCUT2D eigenvalue weighted by Crippen LogP contribution is 2.17. The number of hydrogen-bond acceptors (Lipinski definition) is 6. The Labute approximate surface area is 496 Å². The Morgan fingerprint density at radius 3 is 0.775 bits per heavy atom. The zero-order valence-electron chi connectivity index (χ0n) is 52.8. The van der Waals surface area contributed by atoms with E-state index in [0.717, 1.165) is 122 Å². The highest BCUT2D eigenvalue weighted by molar-refractivity contribution is 5.71. The maximum absolute atomic E-state index is 12.9. The molecule has 6 heteroatoms. The Balaban J connectivity index is 4.33. The minimum atomic E-state index is -0.793. The number of allylic oxidation sites excluding steroid dienone is 16. The van der Waals surface area contributed by atoms with Gasteiger partial charge in [-0.25, -0.2) is 0 Å². The molecule has 0 fully saturated rings. The number of ether oxygens (including phenoxy) is 3. The highest BCUT2D eigenvalue weighted by Gasteiger charge is 2.19. The number of esters is 3. The van der Waals surface area contributed by atoms with E-state index >= 15 is 0 Å². The average Bonchev–Trinajstić information content (AvgIpc) is 3.46. The molecule has 0 aliphatic carbocycles. The van der Waals surface area contributed by atoms with Crippen molar-refractivity contribution in [3.8, 4) is 0 Å². The van der Waals surface area contributed by atoms with E-state index in [0.29, 0.717) is 19.3 Å². The average molecular weight is 1110 g/mol. The van der Waals surface area contributed by atoms with Gasteiger partial charge in [-0.05, 0) is 122 Å². The van der Waals surface area contributed by atoms with Crippen LogP contribution in [0.15, 0.2) is 97.2 Å². The third-order valence-corrected chi connectivity index (χ3v) is 14.8. The van der Waals surface area contributed by atoms with Crippen molar-refractivity contribution in [2.75, 3.05) is 13.2 Å². The molecule has 0 bridgehead atoms. The summed E-state index contributed by atoms with van der Waals surface area (Å²) in [5.74, 6) is -0.902. The van der Waals surface area contributed by atoms with Gasteiger partial charge in [-0.3, -0.25) is 14.4 Å². The lowest BCUT2D eigenvalue weighted by molar-refractivity contribution is -0.167. The molecule has 0 spiro atoms. The number of unbranched alkanes of at least 4 members (excludes halogenated alkanes) is 35. The van der Waals surface area contributed by atoms with Gasteiger partial charge in [0.15, 0.2) is 6.10 Å². The van der Waals surface area contributed by atoms with Gasteiger partial charge in [0.2, 0.25) is 0 Å². The maximum atomic E-state index is 12.9. The van der Waals surface area contributed by atoms with Crippen LogP contribution in [0, 0.1) is 0 Å². The summed E-state index contributed by atoms with van der Waals surface area (Å²) in [5, 5.41) is 0. The molecule has 0 radical (unpaired) electrons. The van der Waals surface area contributed by atoms with E-state index in [1.165, 1.54) is 173 Å². The third kappa shape index (κ3) is 65.1. The monoisotopic (exact) mass is 1110 g/mol. The summed E-state index contributed by atoms with van der Waals surface area (Å²) < 4.78 is 16.9. The molecule has 0 aliphatic rings. The first kappa shape index (κ1) is 76.3. The van der Waals surface area contributed by atoms with Gasteiger partial charge in [0.1, 0.15) is 13.2 Å². The zero-order valence-corrected chi connectivity index (χ0v) is 52.8. The molecular weight excluding hydrogens is 985 g/mol. The van der Waals surface area contributed by atoms with Crippen LogP contribution in [-0.4, -0.2) is 37.2 Å². The molecule has 460 valence electrons. The fourth-order valence-electron chi connectivity index (χ4n) is 9.67. The minimum Gasteiger partial charge on any atom is -0.462 e. The first-order chi connectivity index (χ1) is 39.5. The topological polar surface area (TPSA) is 78.9 Å². The molecule has 0 rings (SSSR count). The van der Waals surface area contributed by atoms with E-state index in [9.17, 15) is 14.4 Å². The molecule has 0 heterocycles. The SMILES string of the molecule is CC/C=C\C/C=C\C/C=C\C/C=C\C/C=C\CCCCCCCC(=O)OC(COC(=O)CCCCCCC/C=C\CCCCCCC)COC(=O)CCCCCCCCCCCCCCCCC/C=C\C/C=C\CCCCCCC. The van der Waals surface area contributed by atoms with Crippen LogP contribution in [0.25, 0.3) is 0 Å².